The second-order valence-electron chi connectivity index (χ2n) is 5.84. The largest absolute Gasteiger partial charge is 0.492 e. The molecule has 0 amide bonds. The monoisotopic (exact) mass is 454 g/mol. The standard InChI is InChI=1S/C19H26N4O.HI/c1-23(2)11-12-24-18-10-6-9-17(13-18)15-22-19(20)21-14-16-7-4-3-5-8-16;/h3-10,13H,11-12,14-15H2,1-2H3,(H3,20,21,22);1H. The number of guanidine groups is 1. The number of likely N-dealkylation sites (N-methyl/N-ethyl adjacent to an activating group) is 1. The average Bonchev–Trinajstić information content (AvgIpc) is 2.59. The van der Waals surface area contributed by atoms with Crippen LogP contribution in [0.25, 0.3) is 0 Å². The molecule has 0 saturated heterocycles. The molecule has 2 rings (SSSR count). The number of nitrogens with one attached hydrogen (secondary N) is 1. The van der Waals surface area contributed by atoms with E-state index in [2.05, 4.69) is 27.3 Å². The van der Waals surface area contributed by atoms with Gasteiger partial charge in [0.15, 0.2) is 5.96 Å². The molecule has 3 N–H and O–H groups in total. The average molecular weight is 454 g/mol. The third kappa shape index (κ3) is 8.74. The maximum absolute atomic E-state index is 5.92. The number of nitrogens with zero attached hydrogens (tertiary/aromatic N) is 2. The van der Waals surface area contributed by atoms with Gasteiger partial charge in [-0.05, 0) is 37.4 Å². The highest BCUT2D eigenvalue weighted by Crippen LogP contribution is 2.14. The van der Waals surface area contributed by atoms with E-state index >= 15 is 0 Å². The van der Waals surface area contributed by atoms with Crippen LogP contribution < -0.4 is 15.8 Å². The number of hydrogen-bond acceptors (Lipinski definition) is 3. The van der Waals surface area contributed by atoms with Crippen molar-refractivity contribution in [2.45, 2.75) is 13.1 Å². The second kappa shape index (κ2) is 11.7. The molecule has 2 aromatic rings. The zero-order valence-corrected chi connectivity index (χ0v) is 17.1. The lowest BCUT2D eigenvalue weighted by molar-refractivity contribution is 0.261. The quantitative estimate of drug-likeness (QED) is 0.366. The van der Waals surface area contributed by atoms with Gasteiger partial charge < -0.3 is 20.7 Å². The Kier molecular flexibility index (Phi) is 9.94. The van der Waals surface area contributed by atoms with Crippen molar-refractivity contribution in [3.05, 3.63) is 65.7 Å². The minimum Gasteiger partial charge on any atom is -0.492 e. The number of hydrogen-bond donors (Lipinski definition) is 2. The Morgan fingerprint density at radius 1 is 1.08 bits per heavy atom. The lowest BCUT2D eigenvalue weighted by Crippen LogP contribution is -2.31. The van der Waals surface area contributed by atoms with Crippen LogP contribution in [0.3, 0.4) is 0 Å². The number of rotatable bonds is 8. The zero-order valence-electron chi connectivity index (χ0n) is 14.8. The Bertz CT molecular complexity index is 647. The van der Waals surface area contributed by atoms with Gasteiger partial charge in [-0.3, -0.25) is 0 Å². The van der Waals surface area contributed by atoms with Gasteiger partial charge in [-0.2, -0.15) is 0 Å². The summed E-state index contributed by atoms with van der Waals surface area (Å²) in [6.07, 6.45) is 0. The van der Waals surface area contributed by atoms with Gasteiger partial charge in [0.25, 0.3) is 0 Å². The molecule has 0 saturated carbocycles. The molecule has 0 bridgehead atoms. The summed E-state index contributed by atoms with van der Waals surface area (Å²) in [6, 6.07) is 18.1. The Balaban J connectivity index is 0.00000312. The summed E-state index contributed by atoms with van der Waals surface area (Å²) in [5.74, 6) is 1.30. The van der Waals surface area contributed by atoms with E-state index in [4.69, 9.17) is 10.5 Å². The van der Waals surface area contributed by atoms with Crippen LogP contribution in [-0.2, 0) is 13.1 Å². The van der Waals surface area contributed by atoms with Crippen LogP contribution >= 0.6 is 24.0 Å². The molecule has 6 heteroatoms. The van der Waals surface area contributed by atoms with Crippen molar-refractivity contribution in [3.63, 3.8) is 0 Å². The molecule has 25 heavy (non-hydrogen) atoms. The fraction of sp³-hybridized carbons (Fsp3) is 0.316. The highest BCUT2D eigenvalue weighted by Gasteiger charge is 1.99. The van der Waals surface area contributed by atoms with Crippen LogP contribution in [0, 0.1) is 0 Å². The number of halogens is 1. The van der Waals surface area contributed by atoms with Crippen molar-refractivity contribution in [1.82, 2.24) is 10.2 Å². The SMILES string of the molecule is CN(C)CCOc1cccc(CN=C(N)NCc2ccccc2)c1.I. The fourth-order valence-corrected chi connectivity index (χ4v) is 2.10. The first-order valence-corrected chi connectivity index (χ1v) is 8.07. The van der Waals surface area contributed by atoms with E-state index in [-0.39, 0.29) is 24.0 Å². The highest BCUT2D eigenvalue weighted by atomic mass is 127. The predicted octanol–water partition coefficient (Wildman–Crippen LogP) is 2.85. The number of aliphatic imine (C=N–C) groups is 1. The molecule has 0 radical (unpaired) electrons. The van der Waals surface area contributed by atoms with Crippen LogP contribution in [0.5, 0.6) is 5.75 Å². The summed E-state index contributed by atoms with van der Waals surface area (Å²) in [4.78, 5) is 6.47. The molecule has 0 heterocycles. The minimum atomic E-state index is 0. The summed E-state index contributed by atoms with van der Waals surface area (Å²) in [6.45, 7) is 2.75. The molecule has 2 aromatic carbocycles. The molecule has 136 valence electrons. The van der Waals surface area contributed by atoms with Crippen molar-refractivity contribution >= 4 is 29.9 Å². The molecule has 0 aliphatic carbocycles. The van der Waals surface area contributed by atoms with Gasteiger partial charge in [0, 0.05) is 13.1 Å². The third-order valence-corrected chi connectivity index (χ3v) is 3.45. The van der Waals surface area contributed by atoms with E-state index < -0.39 is 0 Å². The molecule has 0 spiro atoms. The molecular formula is C19H27IN4O. The Morgan fingerprint density at radius 2 is 1.80 bits per heavy atom. The molecular weight excluding hydrogens is 427 g/mol. The van der Waals surface area contributed by atoms with Gasteiger partial charge in [0.05, 0.1) is 6.54 Å². The van der Waals surface area contributed by atoms with Crippen LogP contribution in [0.2, 0.25) is 0 Å². The first-order valence-electron chi connectivity index (χ1n) is 8.07. The predicted molar refractivity (Wildman–Crippen MR) is 115 cm³/mol. The minimum absolute atomic E-state index is 0. The van der Waals surface area contributed by atoms with Crippen LogP contribution in [0.1, 0.15) is 11.1 Å². The summed E-state index contributed by atoms with van der Waals surface area (Å²) < 4.78 is 5.73. The molecule has 5 nitrogen and oxygen atoms in total. The molecule has 0 unspecified atom stereocenters. The van der Waals surface area contributed by atoms with E-state index in [1.54, 1.807) is 0 Å². The molecule has 0 aromatic heterocycles. The molecule has 0 atom stereocenters. The van der Waals surface area contributed by atoms with Gasteiger partial charge >= 0.3 is 0 Å². The fourth-order valence-electron chi connectivity index (χ4n) is 2.10. The summed E-state index contributed by atoms with van der Waals surface area (Å²) in [5.41, 5.74) is 8.17. The van der Waals surface area contributed by atoms with Gasteiger partial charge in [0.2, 0.25) is 0 Å². The van der Waals surface area contributed by atoms with Crippen molar-refractivity contribution in [2.75, 3.05) is 27.2 Å². The van der Waals surface area contributed by atoms with E-state index in [9.17, 15) is 0 Å². The first-order chi connectivity index (χ1) is 11.6. The van der Waals surface area contributed by atoms with E-state index in [0.29, 0.717) is 25.7 Å². The van der Waals surface area contributed by atoms with Crippen molar-refractivity contribution in [3.8, 4) is 5.75 Å². The van der Waals surface area contributed by atoms with Gasteiger partial charge in [-0.25, -0.2) is 4.99 Å². The molecule has 0 aliphatic rings. The number of benzene rings is 2. The Labute approximate surface area is 167 Å². The van der Waals surface area contributed by atoms with Gasteiger partial charge in [-0.15, -0.1) is 24.0 Å². The van der Waals surface area contributed by atoms with Crippen molar-refractivity contribution in [1.29, 1.82) is 0 Å². The van der Waals surface area contributed by atoms with E-state index in [1.165, 1.54) is 5.56 Å². The van der Waals surface area contributed by atoms with Crippen LogP contribution in [0.15, 0.2) is 59.6 Å². The normalized spacial score (nSPS) is 11.1. The van der Waals surface area contributed by atoms with Crippen LogP contribution in [-0.4, -0.2) is 38.1 Å². The lowest BCUT2D eigenvalue weighted by Gasteiger charge is -2.11. The Morgan fingerprint density at radius 3 is 2.52 bits per heavy atom. The lowest BCUT2D eigenvalue weighted by atomic mass is 10.2. The molecule has 0 fully saturated rings. The third-order valence-electron chi connectivity index (χ3n) is 3.45. The van der Waals surface area contributed by atoms with Gasteiger partial charge in [-0.1, -0.05) is 42.5 Å². The summed E-state index contributed by atoms with van der Waals surface area (Å²) in [5, 5.41) is 3.12. The summed E-state index contributed by atoms with van der Waals surface area (Å²) in [7, 11) is 4.05. The smallest absolute Gasteiger partial charge is 0.189 e. The topological polar surface area (TPSA) is 62.9 Å². The van der Waals surface area contributed by atoms with E-state index in [0.717, 1.165) is 17.9 Å². The van der Waals surface area contributed by atoms with Crippen LogP contribution in [0.4, 0.5) is 0 Å². The maximum atomic E-state index is 5.92. The number of ether oxygens (including phenoxy) is 1. The van der Waals surface area contributed by atoms with E-state index in [1.807, 2.05) is 56.6 Å². The second-order valence-corrected chi connectivity index (χ2v) is 5.84. The molecule has 0 aliphatic heterocycles. The zero-order chi connectivity index (χ0) is 17.2. The highest BCUT2D eigenvalue weighted by molar-refractivity contribution is 14.0. The number of nitrogens with two attached hydrogens (primary N) is 1. The maximum Gasteiger partial charge on any atom is 0.189 e. The first kappa shape index (κ1) is 21.2. The Hall–Kier alpha value is -1.80. The summed E-state index contributed by atoms with van der Waals surface area (Å²) >= 11 is 0. The van der Waals surface area contributed by atoms with Crippen molar-refractivity contribution < 1.29 is 4.74 Å². The van der Waals surface area contributed by atoms with Gasteiger partial charge in [0.1, 0.15) is 12.4 Å². The van der Waals surface area contributed by atoms with Crippen molar-refractivity contribution in [2.24, 2.45) is 10.7 Å².